The predicted molar refractivity (Wildman–Crippen MR) is 90.5 cm³/mol. The van der Waals surface area contributed by atoms with Crippen LogP contribution in [-0.4, -0.2) is 30.0 Å². The van der Waals surface area contributed by atoms with Gasteiger partial charge in [-0.2, -0.15) is 0 Å². The molecule has 0 spiro atoms. The number of primary amides is 1. The van der Waals surface area contributed by atoms with E-state index >= 15 is 0 Å². The number of carbonyl (C=O) groups excluding carboxylic acids is 1. The van der Waals surface area contributed by atoms with Crippen molar-refractivity contribution in [2.24, 2.45) is 11.7 Å². The minimum atomic E-state index is -0.448. The number of hydrogen-bond donors (Lipinski definition) is 2. The van der Waals surface area contributed by atoms with E-state index < -0.39 is 6.03 Å². The van der Waals surface area contributed by atoms with Crippen LogP contribution in [0.15, 0.2) is 29.2 Å². The average molecular weight is 330 g/mol. The lowest BCUT2D eigenvalue weighted by Gasteiger charge is -2.31. The Morgan fingerprint density at radius 2 is 2.19 bits per heavy atom. The highest BCUT2D eigenvalue weighted by molar-refractivity contribution is 7.97. The van der Waals surface area contributed by atoms with Gasteiger partial charge in [0.05, 0.1) is 5.02 Å². The highest BCUT2D eigenvalue weighted by Crippen LogP contribution is 2.32. The van der Waals surface area contributed by atoms with Gasteiger partial charge in [-0.1, -0.05) is 37.6 Å². The van der Waals surface area contributed by atoms with Gasteiger partial charge in [-0.3, -0.25) is 0 Å². The summed E-state index contributed by atoms with van der Waals surface area (Å²) in [6.45, 7) is 6.63. The molecule has 1 unspecified atom stereocenters. The molecule has 21 heavy (non-hydrogen) atoms. The van der Waals surface area contributed by atoms with Crippen LogP contribution in [0.2, 0.25) is 5.02 Å². The molecule has 1 aliphatic rings. The fourth-order valence-corrected chi connectivity index (χ4v) is 3.50. The van der Waals surface area contributed by atoms with Gasteiger partial charge in [0.25, 0.3) is 0 Å². The molecule has 118 valence electrons. The SMILES string of the molecule is CC.NC(=O)NCC1CCCN(Sc2ccccc2Cl)C1. The molecule has 2 rings (SSSR count). The standard InChI is InChI=1S/C13H18ClN3OS.C2H6/c14-11-5-1-2-6-12(11)19-17-7-3-4-10(9-17)8-16-13(15)18;1-2/h1-2,5-6,10H,3-4,7-9H2,(H3,15,16,18);1-2H3. The first-order valence-electron chi connectivity index (χ1n) is 7.36. The highest BCUT2D eigenvalue weighted by Gasteiger charge is 2.21. The molecule has 1 saturated heterocycles. The van der Waals surface area contributed by atoms with Crippen molar-refractivity contribution in [3.63, 3.8) is 0 Å². The summed E-state index contributed by atoms with van der Waals surface area (Å²) >= 11 is 7.85. The molecule has 2 amide bonds. The van der Waals surface area contributed by atoms with E-state index in [1.54, 1.807) is 11.9 Å². The molecule has 0 aliphatic carbocycles. The van der Waals surface area contributed by atoms with Crippen molar-refractivity contribution in [1.29, 1.82) is 0 Å². The van der Waals surface area contributed by atoms with Gasteiger partial charge in [-0.05, 0) is 42.8 Å². The molecule has 0 saturated carbocycles. The van der Waals surface area contributed by atoms with Gasteiger partial charge in [-0.25, -0.2) is 9.10 Å². The van der Waals surface area contributed by atoms with Crippen LogP contribution in [0.1, 0.15) is 26.7 Å². The molecule has 1 aromatic carbocycles. The van der Waals surface area contributed by atoms with Crippen molar-refractivity contribution in [3.05, 3.63) is 29.3 Å². The Kier molecular flexibility index (Phi) is 8.57. The van der Waals surface area contributed by atoms with Crippen LogP contribution in [0.5, 0.6) is 0 Å². The Bertz CT molecular complexity index is 445. The molecule has 1 atom stereocenters. The molecule has 6 heteroatoms. The lowest BCUT2D eigenvalue weighted by atomic mass is 10.00. The van der Waals surface area contributed by atoms with E-state index in [0.717, 1.165) is 35.8 Å². The maximum atomic E-state index is 10.7. The van der Waals surface area contributed by atoms with Crippen molar-refractivity contribution in [2.45, 2.75) is 31.6 Å². The van der Waals surface area contributed by atoms with E-state index in [-0.39, 0.29) is 0 Å². The van der Waals surface area contributed by atoms with E-state index in [1.165, 1.54) is 0 Å². The smallest absolute Gasteiger partial charge is 0.312 e. The Labute approximate surface area is 136 Å². The number of benzene rings is 1. The minimum absolute atomic E-state index is 0.448. The molecular weight excluding hydrogens is 306 g/mol. The summed E-state index contributed by atoms with van der Waals surface area (Å²) < 4.78 is 2.30. The van der Waals surface area contributed by atoms with E-state index in [9.17, 15) is 4.79 Å². The molecule has 0 radical (unpaired) electrons. The van der Waals surface area contributed by atoms with Crippen molar-refractivity contribution in [3.8, 4) is 0 Å². The Morgan fingerprint density at radius 3 is 2.86 bits per heavy atom. The van der Waals surface area contributed by atoms with Crippen LogP contribution in [0.3, 0.4) is 0 Å². The van der Waals surface area contributed by atoms with Crippen LogP contribution in [0.4, 0.5) is 4.79 Å². The Balaban J connectivity index is 0.00000106. The normalized spacial score (nSPS) is 18.5. The van der Waals surface area contributed by atoms with Crippen LogP contribution in [0, 0.1) is 5.92 Å². The fourth-order valence-electron chi connectivity index (χ4n) is 2.18. The van der Waals surface area contributed by atoms with Gasteiger partial charge in [0.15, 0.2) is 0 Å². The number of amides is 2. The first-order chi connectivity index (χ1) is 10.1. The highest BCUT2D eigenvalue weighted by atomic mass is 35.5. The monoisotopic (exact) mass is 329 g/mol. The summed E-state index contributed by atoms with van der Waals surface area (Å²) in [6.07, 6.45) is 2.25. The van der Waals surface area contributed by atoms with Crippen LogP contribution in [-0.2, 0) is 0 Å². The summed E-state index contributed by atoms with van der Waals surface area (Å²) in [5, 5.41) is 3.47. The number of nitrogens with two attached hydrogens (primary N) is 1. The van der Waals surface area contributed by atoms with Crippen molar-refractivity contribution in [2.75, 3.05) is 19.6 Å². The van der Waals surface area contributed by atoms with E-state index in [2.05, 4.69) is 9.62 Å². The Morgan fingerprint density at radius 1 is 1.48 bits per heavy atom. The van der Waals surface area contributed by atoms with E-state index in [1.807, 2.05) is 38.1 Å². The van der Waals surface area contributed by atoms with Crippen LogP contribution < -0.4 is 11.1 Å². The zero-order chi connectivity index (χ0) is 15.7. The molecule has 1 aliphatic heterocycles. The lowest BCUT2D eigenvalue weighted by molar-refractivity contribution is 0.239. The van der Waals surface area contributed by atoms with E-state index in [0.29, 0.717) is 12.5 Å². The number of urea groups is 1. The van der Waals surface area contributed by atoms with Gasteiger partial charge < -0.3 is 11.1 Å². The Hall–Kier alpha value is -0.910. The van der Waals surface area contributed by atoms with Gasteiger partial charge in [0.1, 0.15) is 0 Å². The molecule has 0 bridgehead atoms. The van der Waals surface area contributed by atoms with Gasteiger partial charge in [0, 0.05) is 24.5 Å². The number of nitrogens with one attached hydrogen (secondary N) is 1. The number of carbonyl (C=O) groups is 1. The third-order valence-electron chi connectivity index (χ3n) is 3.11. The number of hydrogen-bond acceptors (Lipinski definition) is 3. The number of nitrogens with zero attached hydrogens (tertiary/aromatic N) is 1. The second kappa shape index (κ2) is 9.92. The average Bonchev–Trinajstić information content (AvgIpc) is 2.50. The van der Waals surface area contributed by atoms with Gasteiger partial charge in [-0.15, -0.1) is 0 Å². The van der Waals surface area contributed by atoms with Crippen molar-refractivity contribution >= 4 is 29.6 Å². The summed E-state index contributed by atoms with van der Waals surface area (Å²) in [7, 11) is 0. The molecule has 1 heterocycles. The van der Waals surface area contributed by atoms with Gasteiger partial charge in [0.2, 0.25) is 0 Å². The van der Waals surface area contributed by atoms with Crippen LogP contribution >= 0.6 is 23.5 Å². The molecular formula is C15H24ClN3OS. The quantitative estimate of drug-likeness (QED) is 0.827. The maximum absolute atomic E-state index is 10.7. The third-order valence-corrected chi connectivity index (χ3v) is 4.69. The summed E-state index contributed by atoms with van der Waals surface area (Å²) in [5.41, 5.74) is 5.10. The van der Waals surface area contributed by atoms with E-state index in [4.69, 9.17) is 17.3 Å². The first-order valence-corrected chi connectivity index (χ1v) is 8.51. The largest absolute Gasteiger partial charge is 0.352 e. The first kappa shape index (κ1) is 18.1. The number of rotatable bonds is 4. The van der Waals surface area contributed by atoms with Crippen molar-refractivity contribution in [1.82, 2.24) is 9.62 Å². The molecule has 1 fully saturated rings. The summed E-state index contributed by atoms with van der Waals surface area (Å²) in [5.74, 6) is 0.455. The third kappa shape index (κ3) is 6.59. The molecule has 3 N–H and O–H groups in total. The molecule has 1 aromatic rings. The van der Waals surface area contributed by atoms with Crippen LogP contribution in [0.25, 0.3) is 0 Å². The number of halogens is 1. The zero-order valence-electron chi connectivity index (χ0n) is 12.6. The second-order valence-corrected chi connectivity index (χ2v) is 6.21. The van der Waals surface area contributed by atoms with Crippen molar-refractivity contribution < 1.29 is 4.79 Å². The minimum Gasteiger partial charge on any atom is -0.352 e. The predicted octanol–water partition coefficient (Wildman–Crippen LogP) is 3.75. The molecule has 0 aromatic heterocycles. The zero-order valence-corrected chi connectivity index (χ0v) is 14.2. The number of piperidine rings is 1. The fraction of sp³-hybridized carbons (Fsp3) is 0.533. The topological polar surface area (TPSA) is 58.4 Å². The maximum Gasteiger partial charge on any atom is 0.312 e. The van der Waals surface area contributed by atoms with Gasteiger partial charge >= 0.3 is 6.03 Å². The summed E-state index contributed by atoms with van der Waals surface area (Å²) in [4.78, 5) is 11.8. The summed E-state index contributed by atoms with van der Waals surface area (Å²) in [6, 6.07) is 7.40. The second-order valence-electron chi connectivity index (χ2n) is 4.66. The lowest BCUT2D eigenvalue weighted by Crippen LogP contribution is -2.39. The molecule has 4 nitrogen and oxygen atoms in total.